The summed E-state index contributed by atoms with van der Waals surface area (Å²) in [5, 5.41) is 10.7. The van der Waals surface area contributed by atoms with Gasteiger partial charge in [0, 0.05) is 44.4 Å². The molecule has 2 aromatic carbocycles. The van der Waals surface area contributed by atoms with Crippen LogP contribution < -0.4 is 0 Å². The number of rotatable bonds is 7. The van der Waals surface area contributed by atoms with Crippen molar-refractivity contribution in [2.45, 2.75) is 92.4 Å². The van der Waals surface area contributed by atoms with Crippen molar-refractivity contribution in [2.75, 3.05) is 0 Å². The van der Waals surface area contributed by atoms with Gasteiger partial charge < -0.3 is 5.11 Å². The molecule has 0 amide bonds. The SMILES string of the molecule is CC(C)CC(=O)/C=C(\O)CC(C)C.Cc1[c-]c(-c2ccc3c(C4C5CC6CC(C5)CC4C6)cccc3n2)cc(C)c1.[Ir]. The molecule has 4 heteroatoms. The second kappa shape index (κ2) is 14.0. The Kier molecular flexibility index (Phi) is 10.9. The number of carbonyl (C=O) groups is 1. The van der Waals surface area contributed by atoms with Crippen LogP contribution in [0.1, 0.15) is 95.2 Å². The molecule has 4 aliphatic rings. The van der Waals surface area contributed by atoms with Gasteiger partial charge in [-0.2, -0.15) is 0 Å². The Morgan fingerprint density at radius 3 is 2.17 bits per heavy atom. The molecule has 4 saturated carbocycles. The molecule has 227 valence electrons. The predicted molar refractivity (Wildman–Crippen MR) is 170 cm³/mol. The fraction of sp³-hybridized carbons (Fsp3) is 0.526. The van der Waals surface area contributed by atoms with E-state index in [1.165, 1.54) is 54.7 Å². The van der Waals surface area contributed by atoms with Gasteiger partial charge in [0.25, 0.3) is 0 Å². The number of hydrogen-bond donors (Lipinski definition) is 1. The van der Waals surface area contributed by atoms with E-state index in [1.54, 1.807) is 5.56 Å². The Morgan fingerprint density at radius 1 is 0.929 bits per heavy atom. The van der Waals surface area contributed by atoms with Crippen LogP contribution in [-0.2, 0) is 24.9 Å². The zero-order chi connectivity index (χ0) is 29.3. The van der Waals surface area contributed by atoms with Gasteiger partial charge in [-0.15, -0.1) is 34.9 Å². The number of ketones is 1. The van der Waals surface area contributed by atoms with Crippen LogP contribution in [0.2, 0.25) is 0 Å². The van der Waals surface area contributed by atoms with Crippen LogP contribution in [0.3, 0.4) is 0 Å². The largest absolute Gasteiger partial charge is 0.512 e. The summed E-state index contributed by atoms with van der Waals surface area (Å²) in [6.07, 6.45) is 9.86. The van der Waals surface area contributed by atoms with E-state index in [9.17, 15) is 9.90 Å². The Morgan fingerprint density at radius 2 is 1.57 bits per heavy atom. The number of aliphatic hydroxyl groups excluding tert-OH is 1. The van der Waals surface area contributed by atoms with E-state index in [0.29, 0.717) is 24.7 Å². The van der Waals surface area contributed by atoms with Gasteiger partial charge >= 0.3 is 0 Å². The Hall–Kier alpha value is -2.29. The van der Waals surface area contributed by atoms with Gasteiger partial charge in [-0.3, -0.25) is 9.78 Å². The average Bonchev–Trinajstić information content (AvgIpc) is 2.86. The van der Waals surface area contributed by atoms with E-state index in [-0.39, 0.29) is 31.6 Å². The third-order valence-corrected chi connectivity index (χ3v) is 9.33. The van der Waals surface area contributed by atoms with E-state index in [4.69, 9.17) is 4.98 Å². The molecule has 3 nitrogen and oxygen atoms in total. The van der Waals surface area contributed by atoms with Crippen LogP contribution in [0.25, 0.3) is 22.2 Å². The number of fused-ring (bicyclic) bond motifs is 1. The van der Waals surface area contributed by atoms with E-state index in [1.807, 2.05) is 27.7 Å². The molecular weight excluding hydrogens is 695 g/mol. The molecule has 4 bridgehead atoms. The summed E-state index contributed by atoms with van der Waals surface area (Å²) in [6.45, 7) is 12.3. The van der Waals surface area contributed by atoms with Crippen molar-refractivity contribution in [3.63, 3.8) is 0 Å². The number of aliphatic hydroxyl groups is 1. The molecule has 1 heterocycles. The summed E-state index contributed by atoms with van der Waals surface area (Å²) in [7, 11) is 0. The molecule has 0 atom stereocenters. The number of aryl methyl sites for hydroxylation is 2. The summed E-state index contributed by atoms with van der Waals surface area (Å²) in [6, 6.07) is 19.2. The molecule has 3 aromatic rings. The molecule has 1 N–H and O–H groups in total. The minimum atomic E-state index is 0. The third kappa shape index (κ3) is 7.80. The fourth-order valence-electron chi connectivity index (χ4n) is 8.21. The number of allylic oxidation sites excluding steroid dienone is 2. The van der Waals surface area contributed by atoms with Crippen molar-refractivity contribution < 1.29 is 30.0 Å². The maximum Gasteiger partial charge on any atom is 0.159 e. The van der Waals surface area contributed by atoms with Crippen molar-refractivity contribution in [2.24, 2.45) is 35.5 Å². The van der Waals surface area contributed by atoms with Crippen LogP contribution in [0.5, 0.6) is 0 Å². The maximum absolute atomic E-state index is 11.2. The second-order valence-electron chi connectivity index (χ2n) is 14.1. The standard InChI is InChI=1S/C27H28N.C11H20O2.Ir/c1-16-8-17(2)10-20(9-16)25-7-6-23-24(4-3-5-26(23)28-25)27-21-12-18-11-19(14-21)15-22(27)13-18;1-8(2)5-10(12)7-11(13)6-9(3)4;/h3-9,18-19,21-22,27H,11-15H2,1-2H3;7-9,12H,5-6H2,1-4H3;/q-1;;/b;10-7-;. The van der Waals surface area contributed by atoms with Gasteiger partial charge in [-0.1, -0.05) is 65.8 Å². The van der Waals surface area contributed by atoms with Crippen molar-refractivity contribution in [1.82, 2.24) is 4.98 Å². The van der Waals surface area contributed by atoms with Crippen LogP contribution >= 0.6 is 0 Å². The van der Waals surface area contributed by atoms with Gasteiger partial charge in [0.2, 0.25) is 0 Å². The first-order chi connectivity index (χ1) is 19.5. The number of benzene rings is 2. The number of carbonyl (C=O) groups excluding carboxylic acids is 1. The summed E-state index contributed by atoms with van der Waals surface area (Å²) in [5.41, 5.74) is 7.34. The smallest absolute Gasteiger partial charge is 0.159 e. The summed E-state index contributed by atoms with van der Waals surface area (Å²) in [5.74, 6) is 5.62. The molecular formula is C38H48IrNO2-. The first-order valence-electron chi connectivity index (χ1n) is 15.9. The van der Waals surface area contributed by atoms with Gasteiger partial charge in [-0.05, 0) is 90.9 Å². The topological polar surface area (TPSA) is 50.2 Å². The number of pyridine rings is 1. The van der Waals surface area contributed by atoms with Crippen molar-refractivity contribution in [3.05, 3.63) is 77.1 Å². The monoisotopic (exact) mass is 743 g/mol. The number of hydrogen-bond acceptors (Lipinski definition) is 3. The molecule has 1 aromatic heterocycles. The van der Waals surface area contributed by atoms with Crippen molar-refractivity contribution in [3.8, 4) is 11.3 Å². The normalized spacial score (nSPS) is 24.5. The van der Waals surface area contributed by atoms with E-state index in [0.717, 1.165) is 46.4 Å². The second-order valence-corrected chi connectivity index (χ2v) is 14.1. The first kappa shape index (κ1) is 32.6. The van der Waals surface area contributed by atoms with Crippen LogP contribution in [-0.4, -0.2) is 15.9 Å². The summed E-state index contributed by atoms with van der Waals surface area (Å²) < 4.78 is 0. The minimum Gasteiger partial charge on any atom is -0.512 e. The van der Waals surface area contributed by atoms with Crippen LogP contribution in [0.15, 0.2) is 54.3 Å². The first-order valence-corrected chi connectivity index (χ1v) is 15.9. The summed E-state index contributed by atoms with van der Waals surface area (Å²) in [4.78, 5) is 16.3. The maximum atomic E-state index is 11.2. The molecule has 7 rings (SSSR count). The molecule has 0 saturated heterocycles. The minimum absolute atomic E-state index is 0. The fourth-order valence-corrected chi connectivity index (χ4v) is 8.21. The predicted octanol–water partition coefficient (Wildman–Crippen LogP) is 9.95. The molecule has 42 heavy (non-hydrogen) atoms. The Bertz CT molecular complexity index is 1370. The van der Waals surface area contributed by atoms with Gasteiger partial charge in [0.1, 0.15) is 0 Å². The zero-order valence-electron chi connectivity index (χ0n) is 26.2. The zero-order valence-corrected chi connectivity index (χ0v) is 28.6. The summed E-state index contributed by atoms with van der Waals surface area (Å²) >= 11 is 0. The quantitative estimate of drug-likeness (QED) is 0.149. The molecule has 0 unspecified atom stereocenters. The molecule has 0 spiro atoms. The molecule has 4 aliphatic carbocycles. The van der Waals surface area contributed by atoms with Crippen molar-refractivity contribution >= 4 is 16.7 Å². The number of aromatic nitrogens is 1. The van der Waals surface area contributed by atoms with E-state index < -0.39 is 0 Å². The van der Waals surface area contributed by atoms with Gasteiger partial charge in [-0.25, -0.2) is 0 Å². The molecule has 1 radical (unpaired) electrons. The van der Waals surface area contributed by atoms with Crippen LogP contribution in [0.4, 0.5) is 0 Å². The molecule has 4 fully saturated rings. The molecule has 0 aliphatic heterocycles. The Balaban J connectivity index is 0.000000249. The van der Waals surface area contributed by atoms with Gasteiger partial charge in [0.15, 0.2) is 5.78 Å². The Labute approximate surface area is 267 Å². The van der Waals surface area contributed by atoms with E-state index in [2.05, 4.69) is 62.4 Å². The van der Waals surface area contributed by atoms with E-state index >= 15 is 0 Å². The number of nitrogens with zero attached hydrogens (tertiary/aromatic N) is 1. The van der Waals surface area contributed by atoms with Gasteiger partial charge in [0.05, 0.1) is 11.3 Å². The van der Waals surface area contributed by atoms with Crippen LogP contribution in [0, 0.1) is 55.4 Å². The van der Waals surface area contributed by atoms with Crippen molar-refractivity contribution in [1.29, 1.82) is 0 Å². The third-order valence-electron chi connectivity index (χ3n) is 9.33. The average molecular weight is 743 g/mol.